The summed E-state index contributed by atoms with van der Waals surface area (Å²) < 4.78 is 7.00. The fourth-order valence-corrected chi connectivity index (χ4v) is 1.75. The number of hydrogen-bond acceptors (Lipinski definition) is 3. The van der Waals surface area contributed by atoms with Crippen LogP contribution in [0.4, 0.5) is 0 Å². The average molecular weight is 225 g/mol. The molecule has 84 valence electrons. The van der Waals surface area contributed by atoms with Crippen molar-refractivity contribution in [3.63, 3.8) is 0 Å². The summed E-state index contributed by atoms with van der Waals surface area (Å²) in [4.78, 5) is 4.08. The Kier molecular flexibility index (Phi) is 2.26. The third-order valence-corrected chi connectivity index (χ3v) is 2.62. The van der Waals surface area contributed by atoms with Gasteiger partial charge in [0.05, 0.1) is 24.5 Å². The van der Waals surface area contributed by atoms with E-state index in [0.717, 1.165) is 22.3 Å². The molecule has 0 saturated carbocycles. The lowest BCUT2D eigenvalue weighted by molar-refractivity contribution is 0.415. The van der Waals surface area contributed by atoms with E-state index in [4.69, 9.17) is 4.74 Å². The molecule has 3 rings (SSSR count). The van der Waals surface area contributed by atoms with Gasteiger partial charge < -0.3 is 4.74 Å². The Hall–Kier alpha value is -2.36. The number of benzene rings is 1. The van der Waals surface area contributed by atoms with Crippen LogP contribution in [-0.4, -0.2) is 21.9 Å². The summed E-state index contributed by atoms with van der Waals surface area (Å²) in [5.41, 5.74) is 1.89. The first-order valence-corrected chi connectivity index (χ1v) is 5.30. The summed E-state index contributed by atoms with van der Waals surface area (Å²) in [7, 11) is 1.66. The number of rotatable bonds is 2. The molecule has 2 heterocycles. The minimum absolute atomic E-state index is 0.836. The second-order valence-electron chi connectivity index (χ2n) is 3.71. The van der Waals surface area contributed by atoms with Gasteiger partial charge in [0.2, 0.25) is 0 Å². The highest BCUT2D eigenvalue weighted by molar-refractivity contribution is 5.80. The number of aromatic nitrogens is 3. The maximum Gasteiger partial charge on any atom is 0.119 e. The molecule has 0 atom stereocenters. The molecule has 0 radical (unpaired) electrons. The van der Waals surface area contributed by atoms with Crippen molar-refractivity contribution >= 4 is 10.9 Å². The smallest absolute Gasteiger partial charge is 0.119 e. The van der Waals surface area contributed by atoms with E-state index in [1.807, 2.05) is 41.2 Å². The van der Waals surface area contributed by atoms with E-state index in [0.29, 0.717) is 0 Å². The maximum atomic E-state index is 5.19. The van der Waals surface area contributed by atoms with Crippen LogP contribution >= 0.6 is 0 Å². The van der Waals surface area contributed by atoms with Gasteiger partial charge in [0.1, 0.15) is 5.75 Å². The van der Waals surface area contributed by atoms with Crippen LogP contribution in [0.5, 0.6) is 5.75 Å². The predicted molar refractivity (Wildman–Crippen MR) is 65.4 cm³/mol. The molecule has 2 aromatic heterocycles. The number of nitrogens with zero attached hydrogens (tertiary/aromatic N) is 3. The highest BCUT2D eigenvalue weighted by atomic mass is 16.5. The van der Waals surface area contributed by atoms with Gasteiger partial charge in [-0.3, -0.25) is 4.98 Å². The Bertz CT molecular complexity index is 646. The van der Waals surface area contributed by atoms with Crippen LogP contribution in [0.15, 0.2) is 48.9 Å². The van der Waals surface area contributed by atoms with Gasteiger partial charge in [-0.15, -0.1) is 0 Å². The molecule has 3 aromatic rings. The number of fused-ring (bicyclic) bond motifs is 1. The Morgan fingerprint density at radius 2 is 2.18 bits per heavy atom. The van der Waals surface area contributed by atoms with Crippen LogP contribution in [-0.2, 0) is 0 Å². The van der Waals surface area contributed by atoms with E-state index in [-0.39, 0.29) is 0 Å². The predicted octanol–water partition coefficient (Wildman–Crippen LogP) is 2.43. The van der Waals surface area contributed by atoms with Crippen LogP contribution in [0.2, 0.25) is 0 Å². The van der Waals surface area contributed by atoms with E-state index in [2.05, 4.69) is 10.1 Å². The molecule has 0 amide bonds. The van der Waals surface area contributed by atoms with Gasteiger partial charge in [-0.2, -0.15) is 5.10 Å². The van der Waals surface area contributed by atoms with Crippen LogP contribution in [0.1, 0.15) is 0 Å². The Morgan fingerprint density at radius 1 is 1.24 bits per heavy atom. The maximum absolute atomic E-state index is 5.19. The molecule has 1 aromatic carbocycles. The largest absolute Gasteiger partial charge is 0.497 e. The van der Waals surface area contributed by atoms with Gasteiger partial charge in [-0.1, -0.05) is 0 Å². The molecule has 4 nitrogen and oxygen atoms in total. The third-order valence-electron chi connectivity index (χ3n) is 2.62. The SMILES string of the molecule is COc1ccc2nn(-c3cccnc3)cc2c1. The topological polar surface area (TPSA) is 39.9 Å². The van der Waals surface area contributed by atoms with Crippen LogP contribution in [0, 0.1) is 0 Å². The van der Waals surface area contributed by atoms with Crippen LogP contribution in [0.25, 0.3) is 16.6 Å². The number of hydrogen-bond donors (Lipinski definition) is 0. The highest BCUT2D eigenvalue weighted by Crippen LogP contribution is 2.20. The van der Waals surface area contributed by atoms with Crippen molar-refractivity contribution in [2.45, 2.75) is 0 Å². The van der Waals surface area contributed by atoms with E-state index < -0.39 is 0 Å². The Morgan fingerprint density at radius 3 is 2.94 bits per heavy atom. The number of methoxy groups -OCH3 is 1. The summed E-state index contributed by atoms with van der Waals surface area (Å²) in [5, 5.41) is 5.53. The zero-order valence-electron chi connectivity index (χ0n) is 9.37. The second kappa shape index (κ2) is 3.90. The molecule has 0 spiro atoms. The zero-order valence-corrected chi connectivity index (χ0v) is 9.37. The van der Waals surface area contributed by atoms with E-state index >= 15 is 0 Å². The fraction of sp³-hybridized carbons (Fsp3) is 0.0769. The van der Waals surface area contributed by atoms with Crippen LogP contribution in [0.3, 0.4) is 0 Å². The van der Waals surface area contributed by atoms with Crippen molar-refractivity contribution in [1.82, 2.24) is 14.8 Å². The lowest BCUT2D eigenvalue weighted by Gasteiger charge is -1.97. The normalized spacial score (nSPS) is 10.6. The molecular formula is C13H11N3O. The first-order chi connectivity index (χ1) is 8.36. The molecule has 17 heavy (non-hydrogen) atoms. The highest BCUT2D eigenvalue weighted by Gasteiger charge is 2.03. The summed E-state index contributed by atoms with van der Waals surface area (Å²) in [6.45, 7) is 0. The lowest BCUT2D eigenvalue weighted by atomic mass is 10.2. The minimum atomic E-state index is 0.836. The standard InChI is InChI=1S/C13H11N3O/c1-17-12-4-5-13-10(7-12)9-16(15-13)11-3-2-6-14-8-11/h2-9H,1H3. The summed E-state index contributed by atoms with van der Waals surface area (Å²) in [5.74, 6) is 0.836. The van der Waals surface area contributed by atoms with E-state index in [1.54, 1.807) is 19.5 Å². The third kappa shape index (κ3) is 1.73. The molecular weight excluding hydrogens is 214 g/mol. The van der Waals surface area contributed by atoms with Gasteiger partial charge in [-0.25, -0.2) is 4.68 Å². The Labute approximate surface area is 98.5 Å². The quantitative estimate of drug-likeness (QED) is 0.672. The van der Waals surface area contributed by atoms with Crippen molar-refractivity contribution in [3.8, 4) is 11.4 Å². The van der Waals surface area contributed by atoms with Crippen LogP contribution < -0.4 is 4.74 Å². The first kappa shape index (κ1) is 9.84. The van der Waals surface area contributed by atoms with Crippen molar-refractivity contribution in [2.75, 3.05) is 7.11 Å². The molecule has 0 saturated heterocycles. The van der Waals surface area contributed by atoms with Gasteiger partial charge in [0, 0.05) is 17.8 Å². The van der Waals surface area contributed by atoms with Gasteiger partial charge in [0.15, 0.2) is 0 Å². The molecule has 0 aliphatic rings. The zero-order chi connectivity index (χ0) is 11.7. The average Bonchev–Trinajstić information content (AvgIpc) is 2.82. The van der Waals surface area contributed by atoms with E-state index in [1.165, 1.54) is 0 Å². The number of pyridine rings is 1. The van der Waals surface area contributed by atoms with Gasteiger partial charge >= 0.3 is 0 Å². The Balaban J connectivity index is 2.14. The minimum Gasteiger partial charge on any atom is -0.497 e. The molecule has 0 unspecified atom stereocenters. The summed E-state index contributed by atoms with van der Waals surface area (Å²) >= 11 is 0. The first-order valence-electron chi connectivity index (χ1n) is 5.30. The number of ether oxygens (including phenoxy) is 1. The summed E-state index contributed by atoms with van der Waals surface area (Å²) in [6.07, 6.45) is 5.49. The molecule has 0 aliphatic carbocycles. The lowest BCUT2D eigenvalue weighted by Crippen LogP contribution is -1.93. The monoisotopic (exact) mass is 225 g/mol. The van der Waals surface area contributed by atoms with Crippen molar-refractivity contribution in [1.29, 1.82) is 0 Å². The van der Waals surface area contributed by atoms with E-state index in [9.17, 15) is 0 Å². The molecule has 0 bridgehead atoms. The summed E-state index contributed by atoms with van der Waals surface area (Å²) in [6, 6.07) is 9.68. The second-order valence-corrected chi connectivity index (χ2v) is 3.71. The van der Waals surface area contributed by atoms with Crippen molar-refractivity contribution < 1.29 is 4.74 Å². The van der Waals surface area contributed by atoms with Gasteiger partial charge in [-0.05, 0) is 30.3 Å². The van der Waals surface area contributed by atoms with Crippen molar-refractivity contribution in [2.24, 2.45) is 0 Å². The molecule has 0 aliphatic heterocycles. The fourth-order valence-electron chi connectivity index (χ4n) is 1.75. The van der Waals surface area contributed by atoms with Gasteiger partial charge in [0.25, 0.3) is 0 Å². The van der Waals surface area contributed by atoms with Crippen molar-refractivity contribution in [3.05, 3.63) is 48.9 Å². The molecule has 4 heteroatoms. The molecule has 0 fully saturated rings. The molecule has 0 N–H and O–H groups in total.